The largest absolute Gasteiger partial charge is 0.439 e. The van der Waals surface area contributed by atoms with Crippen LogP contribution in [0.3, 0.4) is 0 Å². The Balaban J connectivity index is 1.11. The van der Waals surface area contributed by atoms with Crippen LogP contribution >= 0.6 is 0 Å². The Hall–Kier alpha value is -8.84. The minimum Gasteiger partial charge on any atom is -0.439 e. The molecule has 2 aromatic heterocycles. The van der Waals surface area contributed by atoms with Crippen LogP contribution in [0.4, 0.5) is 5.69 Å². The molecule has 4 aliphatic rings. The van der Waals surface area contributed by atoms with Crippen LogP contribution in [-0.2, 0) is 16.6 Å². The smallest absolute Gasteiger partial charge is 0.306 e. The van der Waals surface area contributed by atoms with Crippen molar-refractivity contribution in [3.63, 3.8) is 0 Å². The molecule has 6 nitrogen and oxygen atoms in total. The number of fused-ring (bicyclic) bond motifs is 18. The van der Waals surface area contributed by atoms with Crippen LogP contribution in [-0.4, -0.2) is 9.13 Å². The molecule has 1 spiro atoms. The third kappa shape index (κ3) is 4.50. The van der Waals surface area contributed by atoms with Gasteiger partial charge in [0, 0.05) is 43.5 Å². The van der Waals surface area contributed by atoms with Gasteiger partial charge >= 0.3 is 5.79 Å². The van der Waals surface area contributed by atoms with Crippen LogP contribution in [0, 0.1) is 17.9 Å². The van der Waals surface area contributed by atoms with E-state index in [1.165, 1.54) is 44.5 Å². The number of nitriles is 1. The molecule has 0 saturated carbocycles. The predicted molar refractivity (Wildman–Crippen MR) is 275 cm³/mol. The molecule has 3 aliphatic carbocycles. The molecule has 3 heterocycles. The number of aromatic nitrogens is 2. The van der Waals surface area contributed by atoms with Crippen LogP contribution in [0.5, 0.6) is 11.5 Å². The monoisotopic (exact) mass is 884 g/mol. The summed E-state index contributed by atoms with van der Waals surface area (Å²) in [5.41, 5.74) is 18.0. The van der Waals surface area contributed by atoms with Gasteiger partial charge in [0.25, 0.3) is 0 Å². The second-order valence-corrected chi connectivity index (χ2v) is 20.1. The normalized spacial score (nSPS) is 15.5. The van der Waals surface area contributed by atoms with Crippen molar-refractivity contribution in [1.82, 2.24) is 9.13 Å². The zero-order chi connectivity index (χ0) is 46.3. The Labute approximate surface area is 398 Å². The highest BCUT2D eigenvalue weighted by Gasteiger charge is 2.55. The lowest BCUT2D eigenvalue weighted by Gasteiger charge is -2.25. The standard InChI is InChI=1S/C63H40N4O2/c1-61(2)46-24-12-6-20-37(46)41-30-43-39-22-10-16-28-52(39)66(54(43)32-50(41)61)57-45(34-64)56(65-5)58(60-59(57)68-63(69-60)48-26-14-8-18-35(48)36-19-9-15-27-49(36)63)67-53-29-17-11-23-40(53)44-31-42-38-21-7-13-25-47(38)62(3,4)51(42)33-55(44)67/h6-33H,1-4H3. The second kappa shape index (κ2) is 12.8. The van der Waals surface area contributed by atoms with Gasteiger partial charge in [0.1, 0.15) is 11.4 Å². The Bertz CT molecular complexity index is 4020. The highest BCUT2D eigenvalue weighted by molar-refractivity contribution is 6.15. The van der Waals surface area contributed by atoms with E-state index in [9.17, 15) is 11.8 Å². The van der Waals surface area contributed by atoms with Crippen LogP contribution in [0.2, 0.25) is 0 Å². The first-order chi connectivity index (χ1) is 33.7. The molecule has 11 aromatic rings. The number of ether oxygens (including phenoxy) is 2. The predicted octanol–water partition coefficient (Wildman–Crippen LogP) is 15.6. The minimum atomic E-state index is -1.43. The molecule has 1 aliphatic heterocycles. The van der Waals surface area contributed by atoms with E-state index in [1.54, 1.807) is 0 Å². The van der Waals surface area contributed by atoms with Crippen molar-refractivity contribution in [3.05, 3.63) is 220 Å². The summed E-state index contributed by atoms with van der Waals surface area (Å²) in [5, 5.41) is 16.0. The molecule has 15 rings (SSSR count). The van der Waals surface area contributed by atoms with Gasteiger partial charge in [-0.2, -0.15) is 5.26 Å². The van der Waals surface area contributed by atoms with Crippen molar-refractivity contribution in [1.29, 1.82) is 5.26 Å². The van der Waals surface area contributed by atoms with Gasteiger partial charge in [-0.25, -0.2) is 4.85 Å². The summed E-state index contributed by atoms with van der Waals surface area (Å²) in [7, 11) is 0. The average molecular weight is 885 g/mol. The third-order valence-corrected chi connectivity index (χ3v) is 16.1. The first-order valence-corrected chi connectivity index (χ1v) is 23.6. The highest BCUT2D eigenvalue weighted by Crippen LogP contribution is 2.63. The first kappa shape index (κ1) is 38.3. The van der Waals surface area contributed by atoms with Gasteiger partial charge < -0.3 is 18.6 Å². The minimum absolute atomic E-state index is 0.192. The Morgan fingerprint density at radius 2 is 0.826 bits per heavy atom. The van der Waals surface area contributed by atoms with Crippen LogP contribution in [0.15, 0.2) is 170 Å². The molecule has 6 heteroatoms. The maximum absolute atomic E-state index is 11.9. The van der Waals surface area contributed by atoms with Gasteiger partial charge in [-0.3, -0.25) is 0 Å². The van der Waals surface area contributed by atoms with Crippen LogP contribution in [0.1, 0.15) is 66.6 Å². The van der Waals surface area contributed by atoms with Gasteiger partial charge in [-0.15, -0.1) is 0 Å². The van der Waals surface area contributed by atoms with Gasteiger partial charge in [0.05, 0.1) is 40.3 Å². The maximum atomic E-state index is 11.9. The number of para-hydroxylation sites is 2. The average Bonchev–Trinajstić information content (AvgIpc) is 4.19. The van der Waals surface area contributed by atoms with Gasteiger partial charge in [0.15, 0.2) is 11.5 Å². The molecule has 69 heavy (non-hydrogen) atoms. The zero-order valence-corrected chi connectivity index (χ0v) is 38.3. The Morgan fingerprint density at radius 1 is 0.435 bits per heavy atom. The lowest BCUT2D eigenvalue weighted by molar-refractivity contribution is -0.0416. The number of hydrogen-bond donors (Lipinski definition) is 0. The van der Waals surface area contributed by atoms with E-state index in [1.807, 2.05) is 36.4 Å². The van der Waals surface area contributed by atoms with E-state index < -0.39 is 5.79 Å². The second-order valence-electron chi connectivity index (χ2n) is 20.1. The Kier molecular flexibility index (Phi) is 7.09. The molecule has 0 N–H and O–H groups in total. The first-order valence-electron chi connectivity index (χ1n) is 23.6. The summed E-state index contributed by atoms with van der Waals surface area (Å²) in [6.45, 7) is 18.4. The van der Waals surface area contributed by atoms with Crippen molar-refractivity contribution < 1.29 is 9.47 Å². The summed E-state index contributed by atoms with van der Waals surface area (Å²) >= 11 is 0. The lowest BCUT2D eigenvalue weighted by atomic mass is 9.82. The van der Waals surface area contributed by atoms with E-state index in [0.29, 0.717) is 22.9 Å². The molecule has 0 unspecified atom stereocenters. The van der Waals surface area contributed by atoms with Gasteiger partial charge in [-0.1, -0.05) is 161 Å². The Morgan fingerprint density at radius 3 is 1.29 bits per heavy atom. The number of nitrogens with zero attached hydrogens (tertiary/aromatic N) is 4. The molecule has 0 bridgehead atoms. The lowest BCUT2D eigenvalue weighted by Crippen LogP contribution is -2.34. The molecular formula is C63H40N4O2. The molecule has 0 fully saturated rings. The van der Waals surface area contributed by atoms with E-state index in [0.717, 1.165) is 65.9 Å². The van der Waals surface area contributed by atoms with E-state index in [-0.39, 0.29) is 22.1 Å². The van der Waals surface area contributed by atoms with Gasteiger partial charge in [0.2, 0.25) is 5.69 Å². The number of hydrogen-bond acceptors (Lipinski definition) is 3. The van der Waals surface area contributed by atoms with Crippen molar-refractivity contribution in [3.8, 4) is 62.3 Å². The fourth-order valence-corrected chi connectivity index (χ4v) is 13.0. The molecule has 9 aromatic carbocycles. The van der Waals surface area contributed by atoms with Crippen molar-refractivity contribution in [2.45, 2.75) is 44.3 Å². The fraction of sp³-hybridized carbons (Fsp3) is 0.111. The van der Waals surface area contributed by atoms with E-state index in [2.05, 4.69) is 181 Å². The SMILES string of the molecule is [C-]#[N+]c1c(C#N)c(-n2c3ccccc3c3cc4c(cc32)C(C)(C)c2ccccc2-4)c2c(c1-n1c3ccccc3c3cc4c(cc31)C(C)(C)c1ccccc1-4)OC1(O2)c2ccccc2-c2ccccc21. The highest BCUT2D eigenvalue weighted by atomic mass is 16.7. The van der Waals surface area contributed by atoms with Crippen molar-refractivity contribution in [2.24, 2.45) is 0 Å². The summed E-state index contributed by atoms with van der Waals surface area (Å²) in [6.07, 6.45) is 0. The molecule has 0 saturated heterocycles. The van der Waals surface area contributed by atoms with Gasteiger partial charge in [-0.05, 0) is 92.0 Å². The summed E-state index contributed by atoms with van der Waals surface area (Å²) in [4.78, 5) is 4.42. The number of rotatable bonds is 2. The van der Waals surface area contributed by atoms with E-state index >= 15 is 0 Å². The molecule has 324 valence electrons. The molecule has 0 atom stereocenters. The topological polar surface area (TPSA) is 56.5 Å². The maximum Gasteiger partial charge on any atom is 0.306 e. The van der Waals surface area contributed by atoms with Crippen LogP contribution in [0.25, 0.3) is 93.2 Å². The third-order valence-electron chi connectivity index (χ3n) is 16.1. The van der Waals surface area contributed by atoms with Crippen molar-refractivity contribution >= 4 is 49.3 Å². The van der Waals surface area contributed by atoms with Crippen LogP contribution < -0.4 is 9.47 Å². The summed E-state index contributed by atoms with van der Waals surface area (Å²) < 4.78 is 19.7. The zero-order valence-electron chi connectivity index (χ0n) is 38.3. The molecule has 0 amide bonds. The summed E-state index contributed by atoms with van der Waals surface area (Å²) in [6, 6.07) is 62.6. The van der Waals surface area contributed by atoms with Crippen molar-refractivity contribution in [2.75, 3.05) is 0 Å². The summed E-state index contributed by atoms with van der Waals surface area (Å²) in [5.74, 6) is -0.613. The van der Waals surface area contributed by atoms with E-state index in [4.69, 9.17) is 9.47 Å². The number of benzene rings is 9. The molecule has 0 radical (unpaired) electrons. The fourth-order valence-electron chi connectivity index (χ4n) is 13.0. The molecular weight excluding hydrogens is 845 g/mol. The quantitative estimate of drug-likeness (QED) is 0.163.